The van der Waals surface area contributed by atoms with Crippen molar-refractivity contribution in [2.24, 2.45) is 0 Å². The van der Waals surface area contributed by atoms with E-state index >= 15 is 0 Å². The third-order valence-electron chi connectivity index (χ3n) is 5.71. The zero-order chi connectivity index (χ0) is 22.9. The Labute approximate surface area is 188 Å². The summed E-state index contributed by atoms with van der Waals surface area (Å²) in [7, 11) is 0. The van der Waals surface area contributed by atoms with Gasteiger partial charge >= 0.3 is 0 Å². The number of fused-ring (bicyclic) bond motifs is 3. The fraction of sp³-hybridized carbons (Fsp3) is 0.160. The van der Waals surface area contributed by atoms with E-state index in [1.165, 1.54) is 24.3 Å². The van der Waals surface area contributed by atoms with Crippen molar-refractivity contribution in [3.8, 4) is 11.5 Å². The first-order chi connectivity index (χ1) is 16.0. The molecular weight excluding hydrogens is 427 g/mol. The van der Waals surface area contributed by atoms with Crippen LogP contribution in [0.1, 0.15) is 27.0 Å². The molecule has 166 valence electrons. The van der Waals surface area contributed by atoms with Crippen molar-refractivity contribution in [2.75, 3.05) is 13.3 Å². The van der Waals surface area contributed by atoms with E-state index in [-0.39, 0.29) is 23.0 Å². The van der Waals surface area contributed by atoms with Crippen molar-refractivity contribution in [2.45, 2.75) is 13.0 Å². The van der Waals surface area contributed by atoms with E-state index in [1.54, 1.807) is 42.5 Å². The van der Waals surface area contributed by atoms with Gasteiger partial charge in [0, 0.05) is 25.2 Å². The van der Waals surface area contributed by atoms with Gasteiger partial charge in [-0.05, 0) is 60.0 Å². The van der Waals surface area contributed by atoms with Gasteiger partial charge < -0.3 is 9.47 Å². The quantitative estimate of drug-likeness (QED) is 0.320. The van der Waals surface area contributed by atoms with Crippen molar-refractivity contribution < 1.29 is 23.6 Å². The number of non-ortho nitro benzene ring substituents is 1. The Bertz CT molecular complexity index is 1270. The molecule has 3 aromatic rings. The first-order valence-corrected chi connectivity index (χ1v) is 10.4. The molecule has 0 saturated heterocycles. The molecule has 33 heavy (non-hydrogen) atoms. The molecule has 5 rings (SSSR count). The Balaban J connectivity index is 1.34. The monoisotopic (exact) mass is 446 g/mol. The van der Waals surface area contributed by atoms with Gasteiger partial charge in [-0.15, -0.1) is 0 Å². The number of nitrogens with zero attached hydrogens (tertiary/aromatic N) is 2. The molecule has 0 unspecified atom stereocenters. The van der Waals surface area contributed by atoms with Gasteiger partial charge in [0.05, 0.1) is 16.1 Å². The molecule has 0 saturated carbocycles. The Morgan fingerprint density at radius 3 is 2.55 bits per heavy atom. The molecule has 0 aromatic heterocycles. The molecule has 3 aromatic carbocycles. The number of allylic oxidation sites excluding steroid dienone is 1. The van der Waals surface area contributed by atoms with Gasteiger partial charge in [-0.1, -0.05) is 12.1 Å². The summed E-state index contributed by atoms with van der Waals surface area (Å²) in [6.45, 7) is 1.67. The highest BCUT2D eigenvalue weighted by molar-refractivity contribution is 6.15. The Kier molecular flexibility index (Phi) is 5.35. The van der Waals surface area contributed by atoms with E-state index in [9.17, 15) is 19.3 Å². The largest absolute Gasteiger partial charge is 0.478 e. The molecule has 0 spiro atoms. The lowest BCUT2D eigenvalue weighted by Crippen LogP contribution is -2.33. The van der Waals surface area contributed by atoms with Gasteiger partial charge in [0.15, 0.2) is 5.76 Å². The molecule has 0 amide bonds. The van der Waals surface area contributed by atoms with Crippen LogP contribution in [-0.2, 0) is 13.0 Å². The average Bonchev–Trinajstić information content (AvgIpc) is 3.14. The highest BCUT2D eigenvalue weighted by Crippen LogP contribution is 2.42. The second-order valence-corrected chi connectivity index (χ2v) is 7.91. The highest BCUT2D eigenvalue weighted by atomic mass is 19.1. The highest BCUT2D eigenvalue weighted by Gasteiger charge is 2.33. The minimum Gasteiger partial charge on any atom is -0.478 e. The van der Waals surface area contributed by atoms with Gasteiger partial charge in [-0.2, -0.15) is 0 Å². The van der Waals surface area contributed by atoms with Crippen LogP contribution in [0.5, 0.6) is 11.5 Å². The summed E-state index contributed by atoms with van der Waals surface area (Å²) in [6, 6.07) is 15.8. The Morgan fingerprint density at radius 1 is 1.06 bits per heavy atom. The summed E-state index contributed by atoms with van der Waals surface area (Å²) >= 11 is 0. The maximum absolute atomic E-state index is 13.1. The molecule has 2 aliphatic heterocycles. The maximum Gasteiger partial charge on any atom is 0.269 e. The molecule has 0 bridgehead atoms. The second-order valence-electron chi connectivity index (χ2n) is 7.91. The SMILES string of the molecule is O=C1/C(=C/c2ccc([N+](=O)[O-])cc2)Oc2c1ccc1c2CN(CCc2ccc(F)cc2)CO1. The van der Waals surface area contributed by atoms with Crippen LogP contribution in [0.15, 0.2) is 66.4 Å². The molecule has 8 heteroatoms. The van der Waals surface area contributed by atoms with E-state index in [0.717, 1.165) is 17.5 Å². The summed E-state index contributed by atoms with van der Waals surface area (Å²) in [6.07, 6.45) is 2.31. The standard InChI is InChI=1S/C25H19FN2O5/c26-18-5-1-16(2-6-18)11-12-27-14-21-22(32-15-27)10-9-20-24(29)23(33-25(20)21)13-17-3-7-19(8-4-17)28(30)31/h1-10,13H,11-12,14-15H2/b23-13-. The van der Waals surface area contributed by atoms with E-state index in [2.05, 4.69) is 4.90 Å². The van der Waals surface area contributed by atoms with E-state index in [4.69, 9.17) is 9.47 Å². The van der Waals surface area contributed by atoms with Crippen LogP contribution in [0, 0.1) is 15.9 Å². The smallest absolute Gasteiger partial charge is 0.269 e. The molecule has 7 nitrogen and oxygen atoms in total. The first kappa shape index (κ1) is 20.8. The molecule has 0 N–H and O–H groups in total. The molecule has 2 heterocycles. The van der Waals surface area contributed by atoms with Crippen LogP contribution < -0.4 is 9.47 Å². The number of nitro groups is 1. The number of ether oxygens (including phenoxy) is 2. The number of benzene rings is 3. The predicted octanol–water partition coefficient (Wildman–Crippen LogP) is 4.74. The lowest BCUT2D eigenvalue weighted by atomic mass is 10.0. The number of hydrogen-bond acceptors (Lipinski definition) is 6. The minimum atomic E-state index is -0.474. The zero-order valence-electron chi connectivity index (χ0n) is 17.5. The number of Topliss-reactive ketones (excluding diaryl/α,β-unsaturated/α-hetero) is 1. The number of carbonyl (C=O) groups is 1. The van der Waals surface area contributed by atoms with Gasteiger partial charge in [-0.3, -0.25) is 19.8 Å². The summed E-state index contributed by atoms with van der Waals surface area (Å²) in [5.41, 5.74) is 2.90. The average molecular weight is 446 g/mol. The summed E-state index contributed by atoms with van der Waals surface area (Å²) < 4.78 is 25.0. The first-order valence-electron chi connectivity index (χ1n) is 10.4. The predicted molar refractivity (Wildman–Crippen MR) is 118 cm³/mol. The van der Waals surface area contributed by atoms with Crippen molar-refractivity contribution in [1.82, 2.24) is 4.90 Å². The fourth-order valence-electron chi connectivity index (χ4n) is 3.93. The molecule has 0 fully saturated rings. The van der Waals surface area contributed by atoms with Crippen molar-refractivity contribution in [1.29, 1.82) is 0 Å². The van der Waals surface area contributed by atoms with Crippen LogP contribution in [-0.4, -0.2) is 28.9 Å². The van der Waals surface area contributed by atoms with Gasteiger partial charge in [0.25, 0.3) is 5.69 Å². The topological polar surface area (TPSA) is 81.9 Å². The van der Waals surface area contributed by atoms with Crippen LogP contribution in [0.25, 0.3) is 6.08 Å². The fourth-order valence-corrected chi connectivity index (χ4v) is 3.93. The molecule has 2 aliphatic rings. The van der Waals surface area contributed by atoms with E-state index in [1.807, 2.05) is 0 Å². The van der Waals surface area contributed by atoms with E-state index in [0.29, 0.717) is 42.4 Å². The van der Waals surface area contributed by atoms with Crippen LogP contribution >= 0.6 is 0 Å². The second kappa shape index (κ2) is 8.48. The summed E-state index contributed by atoms with van der Waals surface area (Å²) in [5.74, 6) is 0.822. The molecule has 0 radical (unpaired) electrons. The third-order valence-corrected chi connectivity index (χ3v) is 5.71. The molecular formula is C25H19FN2O5. The van der Waals surface area contributed by atoms with E-state index < -0.39 is 4.92 Å². The number of carbonyl (C=O) groups excluding carboxylic acids is 1. The van der Waals surface area contributed by atoms with Gasteiger partial charge in [0.2, 0.25) is 5.78 Å². The molecule has 0 aliphatic carbocycles. The number of ketones is 1. The number of nitro benzene ring substituents is 1. The van der Waals surface area contributed by atoms with Crippen molar-refractivity contribution >= 4 is 17.5 Å². The Morgan fingerprint density at radius 2 is 1.82 bits per heavy atom. The lowest BCUT2D eigenvalue weighted by molar-refractivity contribution is -0.384. The molecule has 0 atom stereocenters. The summed E-state index contributed by atoms with van der Waals surface area (Å²) in [5, 5.41) is 10.8. The van der Waals surface area contributed by atoms with Crippen molar-refractivity contribution in [3.63, 3.8) is 0 Å². The number of rotatable bonds is 5. The number of hydrogen-bond donors (Lipinski definition) is 0. The lowest BCUT2D eigenvalue weighted by Gasteiger charge is -2.29. The normalized spacial score (nSPS) is 16.2. The zero-order valence-corrected chi connectivity index (χ0v) is 17.5. The van der Waals surface area contributed by atoms with Crippen LogP contribution in [0.2, 0.25) is 0 Å². The maximum atomic E-state index is 13.1. The van der Waals surface area contributed by atoms with Gasteiger partial charge in [0.1, 0.15) is 24.0 Å². The van der Waals surface area contributed by atoms with Crippen LogP contribution in [0.4, 0.5) is 10.1 Å². The number of halogens is 1. The minimum absolute atomic E-state index is 0.0222. The third kappa shape index (κ3) is 4.20. The Hall–Kier alpha value is -4.04. The summed E-state index contributed by atoms with van der Waals surface area (Å²) in [4.78, 5) is 25.4. The van der Waals surface area contributed by atoms with Crippen LogP contribution in [0.3, 0.4) is 0 Å². The van der Waals surface area contributed by atoms with Crippen molar-refractivity contribution in [3.05, 3.63) is 105 Å². The van der Waals surface area contributed by atoms with Gasteiger partial charge in [-0.25, -0.2) is 4.39 Å².